The van der Waals surface area contributed by atoms with Gasteiger partial charge in [-0.25, -0.2) is 0 Å². The summed E-state index contributed by atoms with van der Waals surface area (Å²) in [6.07, 6.45) is 6.70. The smallest absolute Gasteiger partial charge is 0.0338 e. The number of hydrogen-bond donors (Lipinski definition) is 1. The van der Waals surface area contributed by atoms with Crippen molar-refractivity contribution in [2.24, 2.45) is 0 Å². The van der Waals surface area contributed by atoms with Crippen LogP contribution in [0.25, 0.3) is 0 Å². The van der Waals surface area contributed by atoms with Crippen molar-refractivity contribution in [3.63, 3.8) is 0 Å². The molecule has 2 rings (SSSR count). The summed E-state index contributed by atoms with van der Waals surface area (Å²) in [5.41, 5.74) is 3.45. The van der Waals surface area contributed by atoms with Gasteiger partial charge in [0.1, 0.15) is 0 Å². The van der Waals surface area contributed by atoms with Crippen molar-refractivity contribution in [1.29, 1.82) is 0 Å². The Morgan fingerprint density at radius 3 is 2.76 bits per heavy atom. The summed E-state index contributed by atoms with van der Waals surface area (Å²) in [7, 11) is 0. The van der Waals surface area contributed by atoms with Gasteiger partial charge in [0.2, 0.25) is 0 Å². The number of rotatable bonds is 3. The second kappa shape index (κ2) is 5.73. The molecule has 1 aliphatic carbocycles. The maximum Gasteiger partial charge on any atom is 0.0338 e. The first kappa shape index (κ1) is 13.4. The summed E-state index contributed by atoms with van der Waals surface area (Å²) in [6, 6.07) is 0.657. The average molecular weight is 257 g/mol. The van der Waals surface area contributed by atoms with Crippen LogP contribution in [-0.4, -0.2) is 36.1 Å². The fourth-order valence-corrected chi connectivity index (χ4v) is 3.41. The Morgan fingerprint density at radius 1 is 1.47 bits per heavy atom. The molecule has 2 aliphatic rings. The Bertz CT molecular complexity index is 282. The van der Waals surface area contributed by atoms with Crippen LogP contribution in [0.15, 0.2) is 11.1 Å². The van der Waals surface area contributed by atoms with E-state index in [0.29, 0.717) is 11.6 Å². The Kier molecular flexibility index (Phi) is 4.51. The number of piperazine rings is 1. The average Bonchev–Trinajstić information content (AvgIpc) is 2.81. The van der Waals surface area contributed by atoms with Crippen LogP contribution >= 0.6 is 11.6 Å². The molecule has 1 saturated carbocycles. The first-order valence-electron chi connectivity index (χ1n) is 6.94. The minimum absolute atomic E-state index is 0.423. The molecule has 0 aromatic carbocycles. The summed E-state index contributed by atoms with van der Waals surface area (Å²) in [4.78, 5) is 2.69. The molecule has 1 atom stereocenters. The number of nitrogens with one attached hydrogen (secondary N) is 1. The highest BCUT2D eigenvalue weighted by molar-refractivity contribution is 6.25. The Labute approximate surface area is 110 Å². The molecule has 2 nitrogen and oxygen atoms in total. The van der Waals surface area contributed by atoms with E-state index in [1.807, 2.05) is 0 Å². The lowest BCUT2D eigenvalue weighted by Gasteiger charge is -2.48. The van der Waals surface area contributed by atoms with Gasteiger partial charge >= 0.3 is 0 Å². The summed E-state index contributed by atoms with van der Waals surface area (Å²) >= 11 is 5.83. The van der Waals surface area contributed by atoms with E-state index in [2.05, 4.69) is 24.1 Å². The van der Waals surface area contributed by atoms with Crippen molar-refractivity contribution in [3.8, 4) is 0 Å². The van der Waals surface area contributed by atoms with Gasteiger partial charge in [-0.1, -0.05) is 31.4 Å². The van der Waals surface area contributed by atoms with E-state index >= 15 is 0 Å². The third kappa shape index (κ3) is 2.86. The summed E-state index contributed by atoms with van der Waals surface area (Å²) in [6.45, 7) is 7.80. The molecule has 1 unspecified atom stereocenters. The number of hydrogen-bond acceptors (Lipinski definition) is 2. The van der Waals surface area contributed by atoms with Gasteiger partial charge in [-0.15, -0.1) is 0 Å². The van der Waals surface area contributed by atoms with Crippen LogP contribution in [0, 0.1) is 0 Å². The molecule has 0 aromatic rings. The second-order valence-electron chi connectivity index (χ2n) is 5.75. The van der Waals surface area contributed by atoms with Crippen LogP contribution in [0.1, 0.15) is 46.0 Å². The fourth-order valence-electron chi connectivity index (χ4n) is 3.34. The molecular formula is C14H25ClN2. The van der Waals surface area contributed by atoms with E-state index in [9.17, 15) is 0 Å². The van der Waals surface area contributed by atoms with E-state index in [0.717, 1.165) is 6.54 Å². The Hall–Kier alpha value is -0.0500. The molecule has 0 amide bonds. The van der Waals surface area contributed by atoms with Gasteiger partial charge in [0.15, 0.2) is 0 Å². The molecule has 0 radical (unpaired) electrons. The zero-order valence-corrected chi connectivity index (χ0v) is 11.9. The monoisotopic (exact) mass is 256 g/mol. The van der Waals surface area contributed by atoms with E-state index in [1.165, 1.54) is 50.8 Å². The quantitative estimate of drug-likeness (QED) is 0.835. The van der Waals surface area contributed by atoms with Gasteiger partial charge in [-0.3, -0.25) is 4.90 Å². The van der Waals surface area contributed by atoms with E-state index < -0.39 is 0 Å². The lowest BCUT2D eigenvalue weighted by Crippen LogP contribution is -2.63. The van der Waals surface area contributed by atoms with Gasteiger partial charge < -0.3 is 5.32 Å². The lowest BCUT2D eigenvalue weighted by atomic mass is 9.90. The largest absolute Gasteiger partial charge is 0.311 e. The summed E-state index contributed by atoms with van der Waals surface area (Å²) in [5, 5.41) is 3.73. The van der Waals surface area contributed by atoms with Crippen molar-refractivity contribution in [3.05, 3.63) is 11.1 Å². The molecule has 98 valence electrons. The highest BCUT2D eigenvalue weighted by Crippen LogP contribution is 2.37. The van der Waals surface area contributed by atoms with E-state index in [-0.39, 0.29) is 0 Å². The predicted molar refractivity (Wildman–Crippen MR) is 74.5 cm³/mol. The second-order valence-corrected chi connectivity index (χ2v) is 5.97. The number of nitrogens with zero attached hydrogens (tertiary/aromatic N) is 1. The molecule has 1 N–H and O–H groups in total. The molecule has 2 fully saturated rings. The molecule has 1 heterocycles. The first-order chi connectivity index (χ1) is 8.20. The topological polar surface area (TPSA) is 15.3 Å². The van der Waals surface area contributed by atoms with E-state index in [1.54, 1.807) is 5.54 Å². The molecule has 0 bridgehead atoms. The highest BCUT2D eigenvalue weighted by Gasteiger charge is 2.42. The fraction of sp³-hybridized carbons (Fsp3) is 0.857. The molecule has 17 heavy (non-hydrogen) atoms. The molecule has 1 saturated heterocycles. The maximum atomic E-state index is 5.83. The minimum atomic E-state index is 0.423. The zero-order chi connectivity index (χ0) is 12.3. The van der Waals surface area contributed by atoms with Crippen molar-refractivity contribution >= 4 is 11.6 Å². The van der Waals surface area contributed by atoms with Crippen LogP contribution in [0.3, 0.4) is 0 Å². The minimum Gasteiger partial charge on any atom is -0.311 e. The molecule has 1 spiro atoms. The van der Waals surface area contributed by atoms with Crippen LogP contribution in [0.5, 0.6) is 0 Å². The van der Waals surface area contributed by atoms with Crippen molar-refractivity contribution in [2.75, 3.05) is 19.6 Å². The first-order valence-corrected chi connectivity index (χ1v) is 7.38. The summed E-state index contributed by atoms with van der Waals surface area (Å²) < 4.78 is 0. The SMILES string of the molecule is CCC1CN(CC(C)=CCl)C2(CCCC2)CN1. The Morgan fingerprint density at radius 2 is 2.18 bits per heavy atom. The molecule has 1 aliphatic heterocycles. The third-order valence-corrected chi connectivity index (χ3v) is 4.86. The van der Waals surface area contributed by atoms with E-state index in [4.69, 9.17) is 11.6 Å². The zero-order valence-electron chi connectivity index (χ0n) is 11.1. The highest BCUT2D eigenvalue weighted by atomic mass is 35.5. The van der Waals surface area contributed by atoms with Gasteiger partial charge in [-0.2, -0.15) is 0 Å². The normalized spacial score (nSPS) is 30.1. The number of halogens is 1. The van der Waals surface area contributed by atoms with Gasteiger partial charge in [0.25, 0.3) is 0 Å². The lowest BCUT2D eigenvalue weighted by molar-refractivity contribution is 0.0511. The van der Waals surface area contributed by atoms with Crippen LogP contribution in [0.2, 0.25) is 0 Å². The van der Waals surface area contributed by atoms with Crippen LogP contribution < -0.4 is 5.32 Å². The van der Waals surface area contributed by atoms with Crippen molar-refractivity contribution in [2.45, 2.75) is 57.5 Å². The molecule has 0 aromatic heterocycles. The van der Waals surface area contributed by atoms with Gasteiger partial charge in [0.05, 0.1) is 0 Å². The van der Waals surface area contributed by atoms with Gasteiger partial charge in [-0.05, 0) is 31.8 Å². The van der Waals surface area contributed by atoms with Crippen LogP contribution in [0.4, 0.5) is 0 Å². The predicted octanol–water partition coefficient (Wildman–Crippen LogP) is 3.13. The maximum absolute atomic E-state index is 5.83. The van der Waals surface area contributed by atoms with Crippen LogP contribution in [-0.2, 0) is 0 Å². The van der Waals surface area contributed by atoms with Crippen molar-refractivity contribution < 1.29 is 0 Å². The third-order valence-electron chi connectivity index (χ3n) is 4.48. The van der Waals surface area contributed by atoms with Crippen molar-refractivity contribution in [1.82, 2.24) is 10.2 Å². The standard InChI is InChI=1S/C14H25ClN2/c1-3-13-10-17(9-12(2)8-15)14(11-16-13)6-4-5-7-14/h8,13,16H,3-7,9-11H2,1-2H3. The molecular weight excluding hydrogens is 232 g/mol. The van der Waals surface area contributed by atoms with Gasteiger partial charge in [0, 0.05) is 36.8 Å². The summed E-state index contributed by atoms with van der Waals surface area (Å²) in [5.74, 6) is 0. The molecule has 3 heteroatoms. The Balaban J connectivity index is 2.08.